The number of hydrogen-bond acceptors (Lipinski definition) is 3. The summed E-state index contributed by atoms with van der Waals surface area (Å²) in [4.78, 5) is 13.4. The third kappa shape index (κ3) is 2.84. The molecule has 0 aliphatic carbocycles. The lowest BCUT2D eigenvalue weighted by Gasteiger charge is -2.25. The number of hydrogen-bond donors (Lipinski definition) is 2. The van der Waals surface area contributed by atoms with Crippen LogP contribution in [-0.2, 0) is 4.79 Å². The van der Waals surface area contributed by atoms with Gasteiger partial charge in [0, 0.05) is 12.6 Å². The minimum Gasteiger partial charge on any atom is -0.368 e. The van der Waals surface area contributed by atoms with Crippen molar-refractivity contribution in [2.45, 2.75) is 24.9 Å². The minimum absolute atomic E-state index is 0.0591. The van der Waals surface area contributed by atoms with Gasteiger partial charge in [-0.3, -0.25) is 9.69 Å². The van der Waals surface area contributed by atoms with E-state index in [1.807, 2.05) is 30.3 Å². The molecule has 0 saturated carbocycles. The summed E-state index contributed by atoms with van der Waals surface area (Å²) in [7, 11) is 0. The molecule has 4 nitrogen and oxygen atoms in total. The molecule has 0 aromatic heterocycles. The van der Waals surface area contributed by atoms with Crippen LogP contribution in [0, 0.1) is 0 Å². The van der Waals surface area contributed by atoms with E-state index >= 15 is 0 Å². The van der Waals surface area contributed by atoms with Gasteiger partial charge in [-0.1, -0.05) is 30.3 Å². The van der Waals surface area contributed by atoms with Crippen molar-refractivity contribution >= 4 is 5.91 Å². The maximum Gasteiger partial charge on any atom is 0.234 e. The van der Waals surface area contributed by atoms with Crippen molar-refractivity contribution in [1.29, 1.82) is 0 Å². The molecule has 2 unspecified atom stereocenters. The summed E-state index contributed by atoms with van der Waals surface area (Å²) in [5.74, 6) is -0.234. The van der Waals surface area contributed by atoms with Crippen LogP contribution in [0.3, 0.4) is 0 Å². The van der Waals surface area contributed by atoms with Crippen LogP contribution in [0.1, 0.15) is 24.4 Å². The molecule has 1 aliphatic rings. The predicted molar refractivity (Wildman–Crippen MR) is 67.2 cm³/mol. The lowest BCUT2D eigenvalue weighted by atomic mass is 10.1. The molecule has 0 bridgehead atoms. The number of primary amides is 1. The van der Waals surface area contributed by atoms with Gasteiger partial charge in [0.25, 0.3) is 0 Å². The molecule has 17 heavy (non-hydrogen) atoms. The average Bonchev–Trinajstić information content (AvgIpc) is 2.78. The Labute approximate surface area is 102 Å². The van der Waals surface area contributed by atoms with E-state index in [4.69, 9.17) is 11.5 Å². The van der Waals surface area contributed by atoms with Gasteiger partial charge >= 0.3 is 0 Å². The summed E-state index contributed by atoms with van der Waals surface area (Å²) in [5, 5.41) is 0. The van der Waals surface area contributed by atoms with Crippen LogP contribution < -0.4 is 11.5 Å². The van der Waals surface area contributed by atoms with Crippen molar-refractivity contribution in [3.8, 4) is 0 Å². The van der Waals surface area contributed by atoms with Gasteiger partial charge < -0.3 is 11.5 Å². The number of benzene rings is 1. The largest absolute Gasteiger partial charge is 0.368 e. The minimum atomic E-state index is -0.234. The SMILES string of the molecule is NC(=O)C1CCCN1CC(N)c1ccccc1. The molecule has 1 heterocycles. The van der Waals surface area contributed by atoms with Gasteiger partial charge in [-0.2, -0.15) is 0 Å². The summed E-state index contributed by atoms with van der Waals surface area (Å²) < 4.78 is 0. The molecule has 0 spiro atoms. The van der Waals surface area contributed by atoms with Crippen LogP contribution in [0.25, 0.3) is 0 Å². The highest BCUT2D eigenvalue weighted by molar-refractivity contribution is 5.80. The van der Waals surface area contributed by atoms with Crippen LogP contribution >= 0.6 is 0 Å². The molecule has 2 atom stereocenters. The molecule has 92 valence electrons. The number of carbonyl (C=O) groups excluding carboxylic acids is 1. The van der Waals surface area contributed by atoms with Gasteiger partial charge in [-0.05, 0) is 24.9 Å². The van der Waals surface area contributed by atoms with Crippen molar-refractivity contribution in [2.24, 2.45) is 11.5 Å². The molecule has 1 saturated heterocycles. The van der Waals surface area contributed by atoms with E-state index in [1.54, 1.807) is 0 Å². The highest BCUT2D eigenvalue weighted by atomic mass is 16.1. The Kier molecular flexibility index (Phi) is 3.76. The lowest BCUT2D eigenvalue weighted by Crippen LogP contribution is -2.43. The Morgan fingerprint density at radius 1 is 1.41 bits per heavy atom. The summed E-state index contributed by atoms with van der Waals surface area (Å²) in [6, 6.07) is 9.76. The number of likely N-dealkylation sites (tertiary alicyclic amines) is 1. The smallest absolute Gasteiger partial charge is 0.234 e. The van der Waals surface area contributed by atoms with Gasteiger partial charge in [-0.25, -0.2) is 0 Å². The summed E-state index contributed by atoms with van der Waals surface area (Å²) in [5.41, 5.74) is 12.6. The molecule has 1 fully saturated rings. The molecule has 1 aliphatic heterocycles. The van der Waals surface area contributed by atoms with Crippen LogP contribution in [0.15, 0.2) is 30.3 Å². The number of nitrogens with zero attached hydrogens (tertiary/aromatic N) is 1. The van der Waals surface area contributed by atoms with Gasteiger partial charge in [-0.15, -0.1) is 0 Å². The Balaban J connectivity index is 1.99. The van der Waals surface area contributed by atoms with Crippen molar-refractivity contribution in [3.05, 3.63) is 35.9 Å². The van der Waals surface area contributed by atoms with Gasteiger partial charge in [0.1, 0.15) is 0 Å². The van der Waals surface area contributed by atoms with Crippen LogP contribution in [0.4, 0.5) is 0 Å². The van der Waals surface area contributed by atoms with Crippen LogP contribution in [0.2, 0.25) is 0 Å². The second-order valence-corrected chi connectivity index (χ2v) is 4.57. The summed E-state index contributed by atoms with van der Waals surface area (Å²) in [6.07, 6.45) is 1.88. The van der Waals surface area contributed by atoms with E-state index in [0.29, 0.717) is 6.54 Å². The highest BCUT2D eigenvalue weighted by Crippen LogP contribution is 2.20. The normalized spacial score (nSPS) is 22.5. The third-order valence-corrected chi connectivity index (χ3v) is 3.35. The predicted octanol–water partition coefficient (Wildman–Crippen LogP) is 0.636. The summed E-state index contributed by atoms with van der Waals surface area (Å²) in [6.45, 7) is 1.60. The zero-order chi connectivity index (χ0) is 12.3. The van der Waals surface area contributed by atoms with Crippen molar-refractivity contribution in [3.63, 3.8) is 0 Å². The number of amides is 1. The molecular weight excluding hydrogens is 214 g/mol. The molecule has 1 aromatic carbocycles. The molecule has 1 aromatic rings. The van der Waals surface area contributed by atoms with E-state index in [2.05, 4.69) is 4.90 Å². The second kappa shape index (κ2) is 5.29. The van der Waals surface area contributed by atoms with Gasteiger partial charge in [0.2, 0.25) is 5.91 Å². The van der Waals surface area contributed by atoms with E-state index in [-0.39, 0.29) is 18.0 Å². The molecule has 4 N–H and O–H groups in total. The van der Waals surface area contributed by atoms with Gasteiger partial charge in [0.15, 0.2) is 0 Å². The Bertz CT molecular complexity index is 380. The quantitative estimate of drug-likeness (QED) is 0.801. The first kappa shape index (κ1) is 12.1. The van der Waals surface area contributed by atoms with Gasteiger partial charge in [0.05, 0.1) is 6.04 Å². The molecular formula is C13H19N3O. The second-order valence-electron chi connectivity index (χ2n) is 4.57. The van der Waals surface area contributed by atoms with Crippen LogP contribution in [0.5, 0.6) is 0 Å². The third-order valence-electron chi connectivity index (χ3n) is 3.35. The molecule has 1 amide bonds. The fourth-order valence-electron chi connectivity index (χ4n) is 2.43. The van der Waals surface area contributed by atoms with E-state index in [0.717, 1.165) is 24.9 Å². The number of nitrogens with two attached hydrogens (primary N) is 2. The average molecular weight is 233 g/mol. The Hall–Kier alpha value is -1.39. The van der Waals surface area contributed by atoms with E-state index in [1.165, 1.54) is 0 Å². The maximum atomic E-state index is 11.3. The van der Waals surface area contributed by atoms with Crippen molar-refractivity contribution < 1.29 is 4.79 Å². The van der Waals surface area contributed by atoms with Crippen molar-refractivity contribution in [2.75, 3.05) is 13.1 Å². The van der Waals surface area contributed by atoms with Crippen molar-refractivity contribution in [1.82, 2.24) is 4.90 Å². The molecule has 4 heteroatoms. The first-order chi connectivity index (χ1) is 8.18. The highest BCUT2D eigenvalue weighted by Gasteiger charge is 2.29. The number of rotatable bonds is 4. The monoisotopic (exact) mass is 233 g/mol. The first-order valence-electron chi connectivity index (χ1n) is 6.02. The fourth-order valence-corrected chi connectivity index (χ4v) is 2.43. The van der Waals surface area contributed by atoms with E-state index in [9.17, 15) is 4.79 Å². The lowest BCUT2D eigenvalue weighted by molar-refractivity contribution is -0.122. The fraction of sp³-hybridized carbons (Fsp3) is 0.462. The zero-order valence-electron chi connectivity index (χ0n) is 9.88. The molecule has 0 radical (unpaired) electrons. The first-order valence-corrected chi connectivity index (χ1v) is 6.02. The molecule has 2 rings (SSSR count). The maximum absolute atomic E-state index is 11.3. The summed E-state index contributed by atoms with van der Waals surface area (Å²) >= 11 is 0. The van der Waals surface area contributed by atoms with E-state index < -0.39 is 0 Å². The number of carbonyl (C=O) groups is 1. The zero-order valence-corrected chi connectivity index (χ0v) is 9.88. The Morgan fingerprint density at radius 2 is 2.12 bits per heavy atom. The standard InChI is InChI=1S/C13H19N3O/c14-11(10-5-2-1-3-6-10)9-16-8-4-7-12(16)13(15)17/h1-3,5-6,11-12H,4,7-9,14H2,(H2,15,17). The van der Waals surface area contributed by atoms with Crippen LogP contribution in [-0.4, -0.2) is 29.9 Å². The Morgan fingerprint density at radius 3 is 2.76 bits per heavy atom. The topological polar surface area (TPSA) is 72.4 Å².